The predicted molar refractivity (Wildman–Crippen MR) is 114 cm³/mol. The highest BCUT2D eigenvalue weighted by molar-refractivity contribution is 5.18. The molecule has 2 atom stereocenters. The normalized spacial score (nSPS) is 18.1. The van der Waals surface area contributed by atoms with Gasteiger partial charge in [-0.3, -0.25) is 9.80 Å². The van der Waals surface area contributed by atoms with Gasteiger partial charge in [0.2, 0.25) is 0 Å². The van der Waals surface area contributed by atoms with E-state index in [0.717, 1.165) is 45.9 Å². The minimum atomic E-state index is 0.158. The molecule has 0 N–H and O–H groups in total. The first-order valence-electron chi connectivity index (χ1n) is 10.5. The highest BCUT2D eigenvalue weighted by Crippen LogP contribution is 2.19. The van der Waals surface area contributed by atoms with Crippen LogP contribution in [0, 0.1) is 0 Å². The molecule has 28 heavy (non-hydrogen) atoms. The van der Waals surface area contributed by atoms with Crippen LogP contribution in [-0.2, 0) is 16.1 Å². The minimum Gasteiger partial charge on any atom is -0.373 e. The Bertz CT molecular complexity index is 657. The molecular weight excluding hydrogens is 348 g/mol. The quantitative estimate of drug-likeness (QED) is 0.620. The van der Waals surface area contributed by atoms with Crippen molar-refractivity contribution in [2.24, 2.45) is 0 Å². The molecule has 2 aromatic carbocycles. The van der Waals surface area contributed by atoms with Gasteiger partial charge in [-0.05, 0) is 25.0 Å². The molecule has 4 heteroatoms. The van der Waals surface area contributed by atoms with Crippen molar-refractivity contribution in [2.45, 2.75) is 32.7 Å². The third kappa shape index (κ3) is 6.71. The van der Waals surface area contributed by atoms with Crippen LogP contribution in [0.25, 0.3) is 0 Å². The van der Waals surface area contributed by atoms with Gasteiger partial charge in [-0.1, -0.05) is 60.7 Å². The molecule has 0 spiro atoms. The van der Waals surface area contributed by atoms with E-state index in [4.69, 9.17) is 9.47 Å². The summed E-state index contributed by atoms with van der Waals surface area (Å²) in [6.45, 7) is 12.0. The highest BCUT2D eigenvalue weighted by atomic mass is 16.5. The van der Waals surface area contributed by atoms with E-state index in [1.165, 1.54) is 11.1 Å². The molecule has 1 saturated heterocycles. The SMILES string of the molecule is CCOC(CN1CCN(CC(C)OCc2ccccc2)CC1)c1ccccc1. The number of nitrogens with zero attached hydrogens (tertiary/aromatic N) is 2. The molecule has 2 aromatic rings. The van der Waals surface area contributed by atoms with Crippen molar-refractivity contribution in [3.05, 3.63) is 71.8 Å². The molecule has 0 radical (unpaired) electrons. The van der Waals surface area contributed by atoms with Crippen molar-refractivity contribution in [1.29, 1.82) is 0 Å². The number of hydrogen-bond donors (Lipinski definition) is 0. The molecule has 1 aliphatic rings. The van der Waals surface area contributed by atoms with Crippen molar-refractivity contribution >= 4 is 0 Å². The van der Waals surface area contributed by atoms with Gasteiger partial charge in [0.15, 0.2) is 0 Å². The van der Waals surface area contributed by atoms with Gasteiger partial charge >= 0.3 is 0 Å². The maximum atomic E-state index is 6.04. The van der Waals surface area contributed by atoms with Gasteiger partial charge in [-0.15, -0.1) is 0 Å². The summed E-state index contributed by atoms with van der Waals surface area (Å²) in [5.74, 6) is 0. The van der Waals surface area contributed by atoms with E-state index in [-0.39, 0.29) is 12.2 Å². The molecule has 1 heterocycles. The largest absolute Gasteiger partial charge is 0.373 e. The molecule has 1 aliphatic heterocycles. The van der Waals surface area contributed by atoms with Crippen LogP contribution in [-0.4, -0.2) is 61.8 Å². The highest BCUT2D eigenvalue weighted by Gasteiger charge is 2.22. The number of rotatable bonds is 10. The molecule has 152 valence electrons. The lowest BCUT2D eigenvalue weighted by Gasteiger charge is -2.37. The average molecular weight is 383 g/mol. The maximum Gasteiger partial charge on any atom is 0.0951 e. The number of hydrogen-bond acceptors (Lipinski definition) is 4. The first kappa shape index (κ1) is 21.0. The van der Waals surface area contributed by atoms with E-state index in [1.54, 1.807) is 0 Å². The summed E-state index contributed by atoms with van der Waals surface area (Å²) < 4.78 is 12.1. The average Bonchev–Trinajstić information content (AvgIpc) is 2.75. The van der Waals surface area contributed by atoms with Crippen LogP contribution in [0.5, 0.6) is 0 Å². The third-order valence-corrected chi connectivity index (χ3v) is 5.32. The molecule has 0 saturated carbocycles. The standard InChI is InChI=1S/C24H34N2O2/c1-3-27-24(23-12-8-5-9-13-23)19-26-16-14-25(15-17-26)18-21(2)28-20-22-10-6-4-7-11-22/h4-13,21,24H,3,14-20H2,1-2H3. The lowest BCUT2D eigenvalue weighted by Crippen LogP contribution is -2.49. The van der Waals surface area contributed by atoms with Gasteiger partial charge in [0.05, 0.1) is 18.8 Å². The fraction of sp³-hybridized carbons (Fsp3) is 0.500. The zero-order valence-corrected chi connectivity index (χ0v) is 17.3. The lowest BCUT2D eigenvalue weighted by molar-refractivity contribution is -0.00258. The van der Waals surface area contributed by atoms with Crippen molar-refractivity contribution < 1.29 is 9.47 Å². The first-order valence-corrected chi connectivity index (χ1v) is 10.5. The topological polar surface area (TPSA) is 24.9 Å². The van der Waals surface area contributed by atoms with Crippen LogP contribution >= 0.6 is 0 Å². The Labute approximate surface area is 170 Å². The fourth-order valence-electron chi connectivity index (χ4n) is 3.74. The zero-order chi connectivity index (χ0) is 19.6. The van der Waals surface area contributed by atoms with Gasteiger partial charge in [-0.2, -0.15) is 0 Å². The second-order valence-corrected chi connectivity index (χ2v) is 7.56. The maximum absolute atomic E-state index is 6.04. The summed E-state index contributed by atoms with van der Waals surface area (Å²) in [7, 11) is 0. The third-order valence-electron chi connectivity index (χ3n) is 5.32. The Morgan fingerprint density at radius 3 is 1.96 bits per heavy atom. The van der Waals surface area contributed by atoms with Crippen LogP contribution in [0.2, 0.25) is 0 Å². The molecule has 3 rings (SSSR count). The Hall–Kier alpha value is -1.72. The van der Waals surface area contributed by atoms with Crippen LogP contribution in [0.15, 0.2) is 60.7 Å². The molecular formula is C24H34N2O2. The van der Waals surface area contributed by atoms with E-state index < -0.39 is 0 Å². The summed E-state index contributed by atoms with van der Waals surface area (Å²) in [5, 5.41) is 0. The summed E-state index contributed by atoms with van der Waals surface area (Å²) in [5.41, 5.74) is 2.51. The lowest BCUT2D eigenvalue weighted by atomic mass is 10.1. The number of piperazine rings is 1. The van der Waals surface area contributed by atoms with Crippen LogP contribution in [0.1, 0.15) is 31.1 Å². The number of ether oxygens (including phenoxy) is 2. The van der Waals surface area contributed by atoms with Crippen molar-refractivity contribution in [3.8, 4) is 0 Å². The molecule has 0 aromatic heterocycles. The zero-order valence-electron chi connectivity index (χ0n) is 17.3. The molecule has 1 fully saturated rings. The first-order chi connectivity index (χ1) is 13.7. The van der Waals surface area contributed by atoms with Crippen LogP contribution < -0.4 is 0 Å². The second-order valence-electron chi connectivity index (χ2n) is 7.56. The molecule has 2 unspecified atom stereocenters. The number of benzene rings is 2. The van der Waals surface area contributed by atoms with E-state index in [1.807, 2.05) is 6.07 Å². The van der Waals surface area contributed by atoms with E-state index in [0.29, 0.717) is 6.61 Å². The van der Waals surface area contributed by atoms with Gasteiger partial charge in [0, 0.05) is 45.9 Å². The summed E-state index contributed by atoms with van der Waals surface area (Å²) >= 11 is 0. The monoisotopic (exact) mass is 382 g/mol. The molecule has 0 amide bonds. The van der Waals surface area contributed by atoms with Gasteiger partial charge in [0.25, 0.3) is 0 Å². The van der Waals surface area contributed by atoms with E-state index in [2.05, 4.69) is 78.2 Å². The Kier molecular flexibility index (Phi) is 8.49. The Morgan fingerprint density at radius 1 is 0.786 bits per heavy atom. The Balaban J connectivity index is 1.40. The second kappa shape index (κ2) is 11.3. The van der Waals surface area contributed by atoms with E-state index in [9.17, 15) is 0 Å². The fourth-order valence-corrected chi connectivity index (χ4v) is 3.74. The summed E-state index contributed by atoms with van der Waals surface area (Å²) in [4.78, 5) is 5.05. The smallest absolute Gasteiger partial charge is 0.0951 e. The molecule has 4 nitrogen and oxygen atoms in total. The summed E-state index contributed by atoms with van der Waals surface area (Å²) in [6, 6.07) is 21.0. The summed E-state index contributed by atoms with van der Waals surface area (Å²) in [6.07, 6.45) is 0.401. The van der Waals surface area contributed by atoms with Crippen LogP contribution in [0.4, 0.5) is 0 Å². The van der Waals surface area contributed by atoms with Gasteiger partial charge in [-0.25, -0.2) is 0 Å². The molecule has 0 bridgehead atoms. The molecule has 0 aliphatic carbocycles. The van der Waals surface area contributed by atoms with Crippen molar-refractivity contribution in [1.82, 2.24) is 9.80 Å². The van der Waals surface area contributed by atoms with Gasteiger partial charge in [0.1, 0.15) is 0 Å². The predicted octanol–water partition coefficient (Wildman–Crippen LogP) is 3.99. The van der Waals surface area contributed by atoms with Crippen LogP contribution in [0.3, 0.4) is 0 Å². The van der Waals surface area contributed by atoms with E-state index >= 15 is 0 Å². The van der Waals surface area contributed by atoms with Crippen molar-refractivity contribution in [3.63, 3.8) is 0 Å². The van der Waals surface area contributed by atoms with Crippen molar-refractivity contribution in [2.75, 3.05) is 45.9 Å². The van der Waals surface area contributed by atoms with Gasteiger partial charge < -0.3 is 9.47 Å². The minimum absolute atomic E-state index is 0.158. The Morgan fingerprint density at radius 2 is 1.36 bits per heavy atom.